The standard InChI is InChI=1S/C34H35N5O3S/c40-32(38-23-16-34(17-24-38)14-21-37(22-15-34)28-11-18-35-19-12-28)25-39-20-13-27-7-3-9-30(33(27)39)36-43(41,42)31-10-4-6-26-5-1-2-8-29(26)31/h1-13,18-20,36H,14-17,21-25H2. The number of hydrogen-bond donors (Lipinski definition) is 1. The van der Waals surface area contributed by atoms with Crippen LogP contribution < -0.4 is 9.62 Å². The minimum absolute atomic E-state index is 0.0632. The summed E-state index contributed by atoms with van der Waals surface area (Å²) < 4.78 is 31.9. The molecule has 1 spiro atoms. The first-order valence-electron chi connectivity index (χ1n) is 14.9. The fourth-order valence-electron chi connectivity index (χ4n) is 6.88. The van der Waals surface area contributed by atoms with Gasteiger partial charge in [0, 0.05) is 61.2 Å². The van der Waals surface area contributed by atoms with Gasteiger partial charge >= 0.3 is 0 Å². The van der Waals surface area contributed by atoms with E-state index in [1.165, 1.54) is 5.69 Å². The van der Waals surface area contributed by atoms with E-state index in [0.29, 0.717) is 22.0 Å². The molecule has 0 radical (unpaired) electrons. The Kier molecular flexibility index (Phi) is 7.05. The Hall–Kier alpha value is -4.37. The monoisotopic (exact) mass is 593 g/mol. The number of piperidine rings is 2. The average Bonchev–Trinajstić information content (AvgIpc) is 3.45. The third-order valence-electron chi connectivity index (χ3n) is 9.41. The summed E-state index contributed by atoms with van der Waals surface area (Å²) in [6.45, 7) is 3.75. The van der Waals surface area contributed by atoms with E-state index in [1.807, 2.05) is 76.6 Å². The largest absolute Gasteiger partial charge is 0.371 e. The Balaban J connectivity index is 1.04. The number of rotatable bonds is 6. The maximum Gasteiger partial charge on any atom is 0.262 e. The number of sulfonamides is 1. The third-order valence-corrected chi connectivity index (χ3v) is 10.8. The second-order valence-electron chi connectivity index (χ2n) is 11.8. The van der Waals surface area contributed by atoms with Crippen molar-refractivity contribution in [3.05, 3.63) is 97.5 Å². The number of fused-ring (bicyclic) bond motifs is 2. The van der Waals surface area contributed by atoms with E-state index >= 15 is 0 Å². The minimum atomic E-state index is -3.88. The number of anilines is 2. The molecule has 2 aromatic heterocycles. The number of hydrogen-bond acceptors (Lipinski definition) is 5. The Morgan fingerprint density at radius 1 is 0.791 bits per heavy atom. The van der Waals surface area contributed by atoms with Gasteiger partial charge in [-0.15, -0.1) is 0 Å². The fraction of sp³-hybridized carbons (Fsp3) is 0.294. The minimum Gasteiger partial charge on any atom is -0.371 e. The van der Waals surface area contributed by atoms with Crippen LogP contribution in [0.25, 0.3) is 21.7 Å². The Morgan fingerprint density at radius 2 is 1.47 bits per heavy atom. The molecule has 1 amide bonds. The molecule has 2 aliphatic heterocycles. The van der Waals surface area contributed by atoms with Crippen molar-refractivity contribution in [1.82, 2.24) is 14.5 Å². The normalized spacial score (nSPS) is 17.0. The van der Waals surface area contributed by atoms with Crippen molar-refractivity contribution in [2.24, 2.45) is 5.41 Å². The number of pyridine rings is 1. The predicted octanol–water partition coefficient (Wildman–Crippen LogP) is 5.90. The van der Waals surface area contributed by atoms with E-state index in [2.05, 4.69) is 26.7 Å². The molecular formula is C34H35N5O3S. The summed E-state index contributed by atoms with van der Waals surface area (Å²) in [5, 5.41) is 2.41. The van der Waals surface area contributed by atoms with Gasteiger partial charge in [-0.3, -0.25) is 14.5 Å². The Morgan fingerprint density at radius 3 is 2.26 bits per heavy atom. The van der Waals surface area contributed by atoms with Gasteiger partial charge < -0.3 is 14.4 Å². The van der Waals surface area contributed by atoms with Crippen LogP contribution in [0.4, 0.5) is 11.4 Å². The van der Waals surface area contributed by atoms with Gasteiger partial charge in [0.15, 0.2) is 0 Å². The molecule has 9 heteroatoms. The first kappa shape index (κ1) is 27.5. The highest BCUT2D eigenvalue weighted by Crippen LogP contribution is 2.42. The Bertz CT molecular complexity index is 1880. The van der Waals surface area contributed by atoms with Gasteiger partial charge in [0.05, 0.1) is 16.1 Å². The topological polar surface area (TPSA) is 87.5 Å². The van der Waals surface area contributed by atoms with E-state index in [9.17, 15) is 13.2 Å². The summed E-state index contributed by atoms with van der Waals surface area (Å²) in [5.41, 5.74) is 2.70. The number of nitrogens with one attached hydrogen (secondary N) is 1. The van der Waals surface area contributed by atoms with Gasteiger partial charge in [-0.1, -0.05) is 48.5 Å². The number of carbonyl (C=O) groups excluding carboxylic acids is 1. The van der Waals surface area contributed by atoms with Crippen LogP contribution in [-0.4, -0.2) is 55.0 Å². The van der Waals surface area contributed by atoms with Crippen LogP contribution in [0.5, 0.6) is 0 Å². The zero-order chi connectivity index (χ0) is 29.4. The van der Waals surface area contributed by atoms with Crippen LogP contribution in [-0.2, 0) is 21.4 Å². The molecule has 0 bridgehead atoms. The van der Waals surface area contributed by atoms with Crippen molar-refractivity contribution in [2.45, 2.75) is 37.1 Å². The van der Waals surface area contributed by atoms with Crippen molar-refractivity contribution < 1.29 is 13.2 Å². The summed E-state index contributed by atoms with van der Waals surface area (Å²) in [6, 6.07) is 24.3. The van der Waals surface area contributed by atoms with Crippen LogP contribution in [0.1, 0.15) is 25.7 Å². The predicted molar refractivity (Wildman–Crippen MR) is 171 cm³/mol. The van der Waals surface area contributed by atoms with Gasteiger partial charge in [-0.25, -0.2) is 8.42 Å². The molecule has 43 heavy (non-hydrogen) atoms. The van der Waals surface area contributed by atoms with Gasteiger partial charge in [0.2, 0.25) is 5.91 Å². The first-order valence-corrected chi connectivity index (χ1v) is 16.4. The molecule has 4 heterocycles. The Labute approximate surface area is 252 Å². The lowest BCUT2D eigenvalue weighted by Gasteiger charge is -2.47. The molecule has 0 aliphatic carbocycles. The number of carbonyl (C=O) groups is 1. The van der Waals surface area contributed by atoms with Crippen LogP contribution >= 0.6 is 0 Å². The molecule has 2 saturated heterocycles. The molecule has 7 rings (SSSR count). The van der Waals surface area contributed by atoms with Crippen LogP contribution in [0.3, 0.4) is 0 Å². The molecule has 1 N–H and O–H groups in total. The average molecular weight is 594 g/mol. The second-order valence-corrected chi connectivity index (χ2v) is 13.5. The molecule has 0 unspecified atom stereocenters. The number of likely N-dealkylation sites (tertiary alicyclic amines) is 1. The summed E-state index contributed by atoms with van der Waals surface area (Å²) in [5.74, 6) is 0.0632. The van der Waals surface area contributed by atoms with Crippen molar-refractivity contribution in [2.75, 3.05) is 35.8 Å². The number of aromatic nitrogens is 2. The molecule has 2 fully saturated rings. The lowest BCUT2D eigenvalue weighted by Crippen LogP contribution is -2.48. The molecule has 2 aliphatic rings. The molecule has 220 valence electrons. The highest BCUT2D eigenvalue weighted by Gasteiger charge is 2.38. The van der Waals surface area contributed by atoms with Crippen molar-refractivity contribution in [3.63, 3.8) is 0 Å². The van der Waals surface area contributed by atoms with E-state index in [-0.39, 0.29) is 17.3 Å². The molecule has 0 atom stereocenters. The van der Waals surface area contributed by atoms with Gasteiger partial charge in [0.1, 0.15) is 6.54 Å². The van der Waals surface area contributed by atoms with Crippen molar-refractivity contribution in [1.29, 1.82) is 0 Å². The zero-order valence-corrected chi connectivity index (χ0v) is 24.8. The zero-order valence-electron chi connectivity index (χ0n) is 24.0. The molecular weight excluding hydrogens is 558 g/mol. The van der Waals surface area contributed by atoms with E-state index < -0.39 is 10.0 Å². The van der Waals surface area contributed by atoms with Gasteiger partial charge in [0.25, 0.3) is 10.0 Å². The fourth-order valence-corrected chi connectivity index (χ4v) is 8.17. The van der Waals surface area contributed by atoms with E-state index in [0.717, 1.165) is 62.6 Å². The van der Waals surface area contributed by atoms with E-state index in [4.69, 9.17) is 0 Å². The highest BCUT2D eigenvalue weighted by molar-refractivity contribution is 7.93. The number of benzene rings is 3. The highest BCUT2D eigenvalue weighted by atomic mass is 32.2. The first-order chi connectivity index (χ1) is 20.9. The summed E-state index contributed by atoms with van der Waals surface area (Å²) >= 11 is 0. The van der Waals surface area contributed by atoms with Gasteiger partial charge in [-0.05, 0) is 66.8 Å². The summed E-state index contributed by atoms with van der Waals surface area (Å²) in [6.07, 6.45) is 9.89. The second kappa shape index (κ2) is 11.0. The maximum atomic E-state index is 13.6. The van der Waals surface area contributed by atoms with Crippen molar-refractivity contribution >= 4 is 49.0 Å². The summed E-state index contributed by atoms with van der Waals surface area (Å²) in [7, 11) is -3.88. The molecule has 0 saturated carbocycles. The molecule has 3 aromatic carbocycles. The van der Waals surface area contributed by atoms with E-state index in [1.54, 1.807) is 18.2 Å². The van der Waals surface area contributed by atoms with Crippen LogP contribution in [0.15, 0.2) is 102 Å². The smallest absolute Gasteiger partial charge is 0.262 e. The number of nitrogens with zero attached hydrogens (tertiary/aromatic N) is 4. The lowest BCUT2D eigenvalue weighted by atomic mass is 9.71. The van der Waals surface area contributed by atoms with Crippen LogP contribution in [0, 0.1) is 5.41 Å². The van der Waals surface area contributed by atoms with Gasteiger partial charge in [-0.2, -0.15) is 0 Å². The maximum absolute atomic E-state index is 13.6. The van der Waals surface area contributed by atoms with Crippen LogP contribution in [0.2, 0.25) is 0 Å². The molecule has 8 nitrogen and oxygen atoms in total. The summed E-state index contributed by atoms with van der Waals surface area (Å²) in [4.78, 5) is 22.3. The lowest BCUT2D eigenvalue weighted by molar-refractivity contribution is -0.134. The number of para-hydroxylation sites is 1. The SMILES string of the molecule is O=C(Cn1ccc2cccc(NS(=O)(=O)c3cccc4ccccc34)c21)N1CCC2(CC1)CCN(c1ccncc1)CC2. The van der Waals surface area contributed by atoms with Crippen molar-refractivity contribution in [3.8, 4) is 0 Å². The molecule has 5 aromatic rings. The quantitative estimate of drug-likeness (QED) is 0.265. The third kappa shape index (κ3) is 5.33. The number of amides is 1.